The molecule has 3 fully saturated rings. The monoisotopic (exact) mass is 329 g/mol. The lowest BCUT2D eigenvalue weighted by Gasteiger charge is -2.35. The maximum absolute atomic E-state index is 12.3. The number of amides is 2. The summed E-state index contributed by atoms with van der Waals surface area (Å²) in [6.07, 6.45) is 4.06. The number of carbonyl (C=O) groups is 1. The van der Waals surface area contributed by atoms with E-state index >= 15 is 0 Å². The van der Waals surface area contributed by atoms with E-state index in [1.807, 2.05) is 37.3 Å². The summed E-state index contributed by atoms with van der Waals surface area (Å²) < 4.78 is 6.02. The van der Waals surface area contributed by atoms with Crippen molar-refractivity contribution < 1.29 is 9.53 Å². The van der Waals surface area contributed by atoms with Crippen LogP contribution in [-0.4, -0.2) is 48.8 Å². The molecule has 1 saturated carbocycles. The summed E-state index contributed by atoms with van der Waals surface area (Å²) in [4.78, 5) is 14.8. The molecule has 2 aliphatic heterocycles. The van der Waals surface area contributed by atoms with Crippen molar-refractivity contribution in [1.29, 1.82) is 0 Å². The largest absolute Gasteiger partial charge is 0.375 e. The first kappa shape index (κ1) is 15.9. The molecule has 5 nitrogen and oxygen atoms in total. The number of rotatable bonds is 4. The van der Waals surface area contributed by atoms with Crippen LogP contribution >= 0.6 is 0 Å². The van der Waals surface area contributed by atoms with Crippen molar-refractivity contribution >= 4 is 6.03 Å². The van der Waals surface area contributed by atoms with Crippen LogP contribution in [0.4, 0.5) is 4.79 Å². The number of nitrogens with zero attached hydrogens (tertiary/aromatic N) is 1. The van der Waals surface area contributed by atoms with Crippen LogP contribution in [0.15, 0.2) is 30.3 Å². The zero-order valence-electron chi connectivity index (χ0n) is 14.3. The van der Waals surface area contributed by atoms with Gasteiger partial charge in [-0.25, -0.2) is 4.79 Å². The topological polar surface area (TPSA) is 53.6 Å². The SMILES string of the molecule is C[C@@H](NC(=O)N[C@H]1C[C@H]2CO[C@@H](C3CC3)CN2C1)c1ccccc1. The molecule has 1 aromatic rings. The van der Waals surface area contributed by atoms with Crippen molar-refractivity contribution in [3.05, 3.63) is 35.9 Å². The zero-order chi connectivity index (χ0) is 16.5. The van der Waals surface area contributed by atoms with Gasteiger partial charge in [-0.3, -0.25) is 4.90 Å². The van der Waals surface area contributed by atoms with Crippen LogP contribution in [0.2, 0.25) is 0 Å². The molecule has 4 atom stereocenters. The van der Waals surface area contributed by atoms with Gasteiger partial charge < -0.3 is 15.4 Å². The van der Waals surface area contributed by atoms with Crippen molar-refractivity contribution in [1.82, 2.24) is 15.5 Å². The number of nitrogens with one attached hydrogen (secondary N) is 2. The number of benzene rings is 1. The molecule has 0 bridgehead atoms. The van der Waals surface area contributed by atoms with Gasteiger partial charge in [0.25, 0.3) is 0 Å². The normalized spacial score (nSPS) is 31.3. The lowest BCUT2D eigenvalue weighted by atomic mass is 10.1. The van der Waals surface area contributed by atoms with E-state index in [0.29, 0.717) is 12.1 Å². The second-order valence-corrected chi connectivity index (χ2v) is 7.50. The highest BCUT2D eigenvalue weighted by Crippen LogP contribution is 2.37. The molecule has 130 valence electrons. The molecule has 3 aliphatic rings. The Bertz CT molecular complexity index is 575. The van der Waals surface area contributed by atoms with E-state index < -0.39 is 0 Å². The molecule has 24 heavy (non-hydrogen) atoms. The average Bonchev–Trinajstić information content (AvgIpc) is 3.35. The van der Waals surface area contributed by atoms with Gasteiger partial charge in [-0.1, -0.05) is 30.3 Å². The fraction of sp³-hybridized carbons (Fsp3) is 0.632. The van der Waals surface area contributed by atoms with Gasteiger partial charge in [0.2, 0.25) is 0 Å². The van der Waals surface area contributed by atoms with Crippen LogP contribution in [-0.2, 0) is 4.74 Å². The smallest absolute Gasteiger partial charge is 0.315 e. The van der Waals surface area contributed by atoms with E-state index in [9.17, 15) is 4.79 Å². The minimum absolute atomic E-state index is 0.0118. The van der Waals surface area contributed by atoms with Crippen LogP contribution in [0.25, 0.3) is 0 Å². The highest BCUT2D eigenvalue weighted by Gasteiger charge is 2.42. The molecule has 1 aliphatic carbocycles. The van der Waals surface area contributed by atoms with Crippen molar-refractivity contribution in [2.45, 2.75) is 50.4 Å². The lowest BCUT2D eigenvalue weighted by Crippen LogP contribution is -2.47. The fourth-order valence-corrected chi connectivity index (χ4v) is 4.01. The summed E-state index contributed by atoms with van der Waals surface area (Å²) in [5, 5.41) is 6.19. The van der Waals surface area contributed by atoms with Crippen molar-refractivity contribution in [3.63, 3.8) is 0 Å². The van der Waals surface area contributed by atoms with Gasteiger partial charge in [0.15, 0.2) is 0 Å². The number of ether oxygens (including phenoxy) is 1. The second kappa shape index (κ2) is 6.73. The van der Waals surface area contributed by atoms with Gasteiger partial charge in [-0.05, 0) is 37.7 Å². The molecule has 4 rings (SSSR count). The van der Waals surface area contributed by atoms with Crippen LogP contribution in [0.5, 0.6) is 0 Å². The Labute approximate surface area is 143 Å². The van der Waals surface area contributed by atoms with Crippen molar-refractivity contribution in [2.75, 3.05) is 19.7 Å². The van der Waals surface area contributed by atoms with Crippen LogP contribution < -0.4 is 10.6 Å². The third kappa shape index (κ3) is 3.57. The molecule has 2 N–H and O–H groups in total. The van der Waals surface area contributed by atoms with Gasteiger partial charge in [0, 0.05) is 25.2 Å². The van der Waals surface area contributed by atoms with Crippen molar-refractivity contribution in [2.24, 2.45) is 5.92 Å². The van der Waals surface area contributed by atoms with E-state index in [4.69, 9.17) is 4.74 Å². The third-order valence-corrected chi connectivity index (χ3v) is 5.58. The van der Waals surface area contributed by atoms with E-state index in [-0.39, 0.29) is 18.1 Å². The molecule has 0 aromatic heterocycles. The minimum Gasteiger partial charge on any atom is -0.375 e. The first-order valence-electron chi connectivity index (χ1n) is 9.16. The standard InChI is InChI=1S/C19H27N3O2/c1-13(14-5-3-2-4-6-14)20-19(23)21-16-9-17-12-24-18(15-7-8-15)11-22(17)10-16/h2-6,13,15-18H,7-12H2,1H3,(H2,20,21,23)/t13-,16+,17+,18-/m1/s1. The molecule has 0 unspecified atom stereocenters. The van der Waals surface area contributed by atoms with Gasteiger partial charge in [-0.2, -0.15) is 0 Å². The number of morpholine rings is 1. The number of hydrogen-bond donors (Lipinski definition) is 2. The first-order valence-corrected chi connectivity index (χ1v) is 9.16. The highest BCUT2D eigenvalue weighted by atomic mass is 16.5. The van der Waals surface area contributed by atoms with E-state index in [1.54, 1.807) is 0 Å². The van der Waals surface area contributed by atoms with Gasteiger partial charge in [-0.15, -0.1) is 0 Å². The molecule has 2 saturated heterocycles. The fourth-order valence-electron chi connectivity index (χ4n) is 4.01. The van der Waals surface area contributed by atoms with Crippen molar-refractivity contribution in [3.8, 4) is 0 Å². The quantitative estimate of drug-likeness (QED) is 0.891. The van der Waals surface area contributed by atoms with Gasteiger partial charge in [0.05, 0.1) is 18.8 Å². The van der Waals surface area contributed by atoms with E-state index in [1.165, 1.54) is 12.8 Å². The molecule has 5 heteroatoms. The number of fused-ring (bicyclic) bond motifs is 1. The van der Waals surface area contributed by atoms with Crippen LogP contribution in [0, 0.1) is 5.92 Å². The van der Waals surface area contributed by atoms with Crippen LogP contribution in [0.3, 0.4) is 0 Å². The van der Waals surface area contributed by atoms with Gasteiger partial charge >= 0.3 is 6.03 Å². The van der Waals surface area contributed by atoms with Crippen LogP contribution in [0.1, 0.15) is 37.8 Å². The van der Waals surface area contributed by atoms with Gasteiger partial charge in [0.1, 0.15) is 0 Å². The summed E-state index contributed by atoms with van der Waals surface area (Å²) in [5.74, 6) is 0.785. The Morgan fingerprint density at radius 3 is 2.79 bits per heavy atom. The Balaban J connectivity index is 1.26. The Kier molecular flexibility index (Phi) is 4.46. The Hall–Kier alpha value is -1.59. The van der Waals surface area contributed by atoms with E-state index in [0.717, 1.165) is 37.6 Å². The summed E-state index contributed by atoms with van der Waals surface area (Å²) in [6, 6.07) is 10.7. The predicted molar refractivity (Wildman–Crippen MR) is 92.8 cm³/mol. The summed E-state index contributed by atoms with van der Waals surface area (Å²) in [7, 11) is 0. The summed E-state index contributed by atoms with van der Waals surface area (Å²) in [5.41, 5.74) is 1.12. The summed E-state index contributed by atoms with van der Waals surface area (Å²) >= 11 is 0. The highest BCUT2D eigenvalue weighted by molar-refractivity contribution is 5.74. The maximum atomic E-state index is 12.3. The summed E-state index contributed by atoms with van der Waals surface area (Å²) in [6.45, 7) is 4.82. The number of carbonyl (C=O) groups excluding carboxylic acids is 1. The predicted octanol–water partition coefficient (Wildman–Crippen LogP) is 2.30. The maximum Gasteiger partial charge on any atom is 0.315 e. The first-order chi connectivity index (χ1) is 11.7. The Morgan fingerprint density at radius 2 is 2.04 bits per heavy atom. The average molecular weight is 329 g/mol. The number of hydrogen-bond acceptors (Lipinski definition) is 3. The molecule has 2 heterocycles. The molecular formula is C19H27N3O2. The number of urea groups is 1. The van der Waals surface area contributed by atoms with E-state index in [2.05, 4.69) is 15.5 Å². The zero-order valence-corrected chi connectivity index (χ0v) is 14.3. The molecule has 1 aromatic carbocycles. The molecule has 0 radical (unpaired) electrons. The molecular weight excluding hydrogens is 302 g/mol. The Morgan fingerprint density at radius 1 is 1.25 bits per heavy atom. The molecule has 2 amide bonds. The molecule has 0 spiro atoms. The minimum atomic E-state index is -0.0733. The third-order valence-electron chi connectivity index (χ3n) is 5.58. The second-order valence-electron chi connectivity index (χ2n) is 7.50. The lowest BCUT2D eigenvalue weighted by molar-refractivity contribution is -0.0581.